The molecule has 7 heteroatoms. The zero-order chi connectivity index (χ0) is 18.4. The van der Waals surface area contributed by atoms with Crippen molar-refractivity contribution in [2.75, 3.05) is 26.3 Å². The lowest BCUT2D eigenvalue weighted by atomic mass is 9.97. The van der Waals surface area contributed by atoms with Crippen LogP contribution in [0.15, 0.2) is 30.1 Å². The van der Waals surface area contributed by atoms with E-state index >= 15 is 0 Å². The molecule has 1 fully saturated rings. The molecule has 1 aromatic rings. The van der Waals surface area contributed by atoms with E-state index < -0.39 is 6.10 Å². The second-order valence-electron chi connectivity index (χ2n) is 6.16. The number of allylic oxidation sites excluding steroid dienone is 1. The second kappa shape index (κ2) is 8.60. The van der Waals surface area contributed by atoms with Crippen LogP contribution in [0.1, 0.15) is 25.8 Å². The first-order valence-corrected chi connectivity index (χ1v) is 8.24. The number of carbonyl (C=O) groups is 1. The Morgan fingerprint density at radius 1 is 1.48 bits per heavy atom. The highest BCUT2D eigenvalue weighted by molar-refractivity contribution is 5.76. The summed E-state index contributed by atoms with van der Waals surface area (Å²) in [7, 11) is 0. The molecule has 1 aliphatic heterocycles. The molecule has 1 aromatic heterocycles. The number of aliphatic hydroxyl groups excluding tert-OH is 1. The second-order valence-corrected chi connectivity index (χ2v) is 6.16. The zero-order valence-electron chi connectivity index (χ0n) is 14.7. The molecular weight excluding hydrogens is 320 g/mol. The van der Waals surface area contributed by atoms with Crippen molar-refractivity contribution in [1.82, 2.24) is 14.7 Å². The molecule has 0 spiro atoms. The molecule has 2 heterocycles. The van der Waals surface area contributed by atoms with Gasteiger partial charge in [0.1, 0.15) is 6.54 Å². The minimum atomic E-state index is -0.759. The van der Waals surface area contributed by atoms with Crippen LogP contribution in [0.5, 0.6) is 0 Å². The fraction of sp³-hybridized carbons (Fsp3) is 0.500. The average molecular weight is 344 g/mol. The molecule has 134 valence electrons. The number of aromatic nitrogens is 2. The summed E-state index contributed by atoms with van der Waals surface area (Å²) >= 11 is 0. The summed E-state index contributed by atoms with van der Waals surface area (Å²) in [5.74, 6) is 0.0154. The van der Waals surface area contributed by atoms with Crippen molar-refractivity contribution in [3.05, 3.63) is 35.7 Å². The number of nitrogens with zero attached hydrogens (tertiary/aromatic N) is 4. The summed E-state index contributed by atoms with van der Waals surface area (Å²) in [5.41, 5.74) is 2.82. The predicted octanol–water partition coefficient (Wildman–Crippen LogP) is 1.37. The Morgan fingerprint density at radius 3 is 2.80 bits per heavy atom. The van der Waals surface area contributed by atoms with Crippen LogP contribution in [0.2, 0.25) is 0 Å². The Morgan fingerprint density at radius 2 is 2.16 bits per heavy atom. The monoisotopic (exact) mass is 344 g/mol. The van der Waals surface area contributed by atoms with Crippen LogP contribution in [-0.2, 0) is 16.1 Å². The van der Waals surface area contributed by atoms with Gasteiger partial charge in [0, 0.05) is 36.8 Å². The predicted molar refractivity (Wildman–Crippen MR) is 93.3 cm³/mol. The molecule has 0 aliphatic carbocycles. The lowest BCUT2D eigenvalue weighted by molar-refractivity contribution is -0.136. The molecule has 1 amide bonds. The fourth-order valence-electron chi connectivity index (χ4n) is 2.60. The molecule has 1 saturated heterocycles. The molecular formula is C18H24N4O3. The molecule has 1 atom stereocenters. The van der Waals surface area contributed by atoms with E-state index in [1.807, 2.05) is 19.9 Å². The van der Waals surface area contributed by atoms with E-state index in [1.54, 1.807) is 22.0 Å². The third-order valence-electron chi connectivity index (χ3n) is 4.42. The summed E-state index contributed by atoms with van der Waals surface area (Å²) in [5, 5.41) is 23.2. The zero-order valence-corrected chi connectivity index (χ0v) is 14.7. The van der Waals surface area contributed by atoms with E-state index in [1.165, 1.54) is 0 Å². The number of ether oxygens (including phenoxy) is 1. The Kier molecular flexibility index (Phi) is 6.51. The molecule has 1 N–H and O–H groups in total. The molecule has 25 heavy (non-hydrogen) atoms. The summed E-state index contributed by atoms with van der Waals surface area (Å²) in [6, 6.07) is 1.94. The Bertz CT molecular complexity index is 708. The molecule has 2 rings (SSSR count). The first kappa shape index (κ1) is 18.9. The van der Waals surface area contributed by atoms with Gasteiger partial charge in [-0.1, -0.05) is 6.58 Å². The van der Waals surface area contributed by atoms with E-state index in [2.05, 4.69) is 11.7 Å². The number of carbonyl (C=O) groups excluding carboxylic acids is 1. The van der Waals surface area contributed by atoms with Gasteiger partial charge in [-0.2, -0.15) is 10.4 Å². The highest BCUT2D eigenvalue weighted by Gasteiger charge is 2.18. The maximum absolute atomic E-state index is 12.3. The quantitative estimate of drug-likeness (QED) is 0.787. The number of morpholine rings is 1. The van der Waals surface area contributed by atoms with Gasteiger partial charge >= 0.3 is 0 Å². The Balaban J connectivity index is 2.03. The van der Waals surface area contributed by atoms with Crippen molar-refractivity contribution in [2.24, 2.45) is 0 Å². The van der Waals surface area contributed by atoms with Crippen molar-refractivity contribution in [2.45, 2.75) is 32.9 Å². The number of aliphatic hydroxyl groups is 1. The molecule has 1 aliphatic rings. The van der Waals surface area contributed by atoms with Gasteiger partial charge in [-0.05, 0) is 25.0 Å². The number of nitriles is 1. The summed E-state index contributed by atoms with van der Waals surface area (Å²) in [6.07, 6.45) is 2.93. The molecule has 0 bridgehead atoms. The fourth-order valence-corrected chi connectivity index (χ4v) is 2.60. The SMILES string of the molecule is C=C(C#N)CC(O)/C(C)=C(/C)c1cnn(CC(=O)N2CCOCC2)c1. The van der Waals surface area contributed by atoms with E-state index in [4.69, 9.17) is 10.00 Å². The lowest BCUT2D eigenvalue weighted by Gasteiger charge is -2.26. The number of amides is 1. The van der Waals surface area contributed by atoms with Crippen molar-refractivity contribution in [3.63, 3.8) is 0 Å². The maximum atomic E-state index is 12.3. The maximum Gasteiger partial charge on any atom is 0.244 e. The largest absolute Gasteiger partial charge is 0.388 e. The Hall–Kier alpha value is -2.43. The normalized spacial score (nSPS) is 16.8. The van der Waals surface area contributed by atoms with E-state index in [0.717, 1.165) is 16.7 Å². The van der Waals surface area contributed by atoms with Crippen LogP contribution in [0, 0.1) is 11.3 Å². The molecule has 0 radical (unpaired) electrons. The number of hydrogen-bond donors (Lipinski definition) is 1. The van der Waals surface area contributed by atoms with Crippen LogP contribution in [0.4, 0.5) is 0 Å². The van der Waals surface area contributed by atoms with Gasteiger partial charge in [-0.15, -0.1) is 0 Å². The third-order valence-corrected chi connectivity index (χ3v) is 4.42. The lowest BCUT2D eigenvalue weighted by Crippen LogP contribution is -2.42. The molecule has 0 saturated carbocycles. The number of rotatable bonds is 6. The van der Waals surface area contributed by atoms with E-state index in [-0.39, 0.29) is 18.9 Å². The highest BCUT2D eigenvalue weighted by Crippen LogP contribution is 2.22. The molecule has 1 unspecified atom stereocenters. The first-order valence-electron chi connectivity index (χ1n) is 8.24. The van der Waals surface area contributed by atoms with Crippen LogP contribution >= 0.6 is 0 Å². The van der Waals surface area contributed by atoms with Crippen molar-refractivity contribution >= 4 is 11.5 Å². The number of hydrogen-bond acceptors (Lipinski definition) is 5. The smallest absolute Gasteiger partial charge is 0.244 e. The Labute approximate surface area is 147 Å². The summed E-state index contributed by atoms with van der Waals surface area (Å²) in [4.78, 5) is 14.0. The van der Waals surface area contributed by atoms with Crippen LogP contribution < -0.4 is 0 Å². The van der Waals surface area contributed by atoms with Gasteiger partial charge in [0.25, 0.3) is 0 Å². The van der Waals surface area contributed by atoms with Gasteiger partial charge in [-0.3, -0.25) is 9.48 Å². The first-order chi connectivity index (χ1) is 11.9. The van der Waals surface area contributed by atoms with Crippen LogP contribution in [0.3, 0.4) is 0 Å². The third kappa shape index (κ3) is 5.02. The van der Waals surface area contributed by atoms with E-state index in [9.17, 15) is 9.90 Å². The van der Waals surface area contributed by atoms with Crippen molar-refractivity contribution < 1.29 is 14.6 Å². The molecule has 7 nitrogen and oxygen atoms in total. The van der Waals surface area contributed by atoms with E-state index in [0.29, 0.717) is 31.9 Å². The molecule has 0 aromatic carbocycles. The van der Waals surface area contributed by atoms with Gasteiger partial charge in [-0.25, -0.2) is 0 Å². The summed E-state index contributed by atoms with van der Waals surface area (Å²) in [6.45, 7) is 9.85. The highest BCUT2D eigenvalue weighted by atomic mass is 16.5. The van der Waals surface area contributed by atoms with Gasteiger partial charge < -0.3 is 14.7 Å². The average Bonchev–Trinajstić information content (AvgIpc) is 3.09. The summed E-state index contributed by atoms with van der Waals surface area (Å²) < 4.78 is 6.85. The van der Waals surface area contributed by atoms with Crippen molar-refractivity contribution in [1.29, 1.82) is 5.26 Å². The van der Waals surface area contributed by atoms with Crippen LogP contribution in [-0.4, -0.2) is 58.1 Å². The topological polar surface area (TPSA) is 91.4 Å². The van der Waals surface area contributed by atoms with Crippen molar-refractivity contribution in [3.8, 4) is 6.07 Å². The minimum absolute atomic E-state index is 0.0154. The van der Waals surface area contributed by atoms with Gasteiger partial charge in [0.2, 0.25) is 5.91 Å². The van der Waals surface area contributed by atoms with Gasteiger partial charge in [0.05, 0.1) is 31.6 Å². The minimum Gasteiger partial charge on any atom is -0.388 e. The van der Waals surface area contributed by atoms with Crippen LogP contribution in [0.25, 0.3) is 5.57 Å². The standard InChI is InChI=1S/C18H24N4O3/c1-13(9-19)8-17(23)15(3)14(2)16-10-20-22(11-16)12-18(24)21-4-6-25-7-5-21/h10-11,17,23H,1,4-8,12H2,2-3H3/b15-14-. The van der Waals surface area contributed by atoms with Gasteiger partial charge in [0.15, 0.2) is 0 Å².